The Hall–Kier alpha value is -2.44. The number of carbonyl (C=O) groups excluding carboxylic acids is 2. The lowest BCUT2D eigenvalue weighted by atomic mass is 9.84. The molecule has 1 aromatic carbocycles. The first-order chi connectivity index (χ1) is 12.0. The standard InChI is InChI=1S/C18H18F2N2O3/c1-25-18(24)14-8-2-3-9(6-8)16(14)22-17(23)13-7-10-12(21-13)5-4-11(19)15(10)20/h4-5,7-9,14,16,21H,2-3,6H2,1H3,(H,22,23)/t8-,9-,14+,16-/m0/s1. The number of fused-ring (bicyclic) bond motifs is 3. The molecule has 0 unspecified atom stereocenters. The van der Waals surface area contributed by atoms with E-state index in [2.05, 4.69) is 10.3 Å². The van der Waals surface area contributed by atoms with Gasteiger partial charge in [-0.05, 0) is 49.3 Å². The number of aromatic nitrogens is 1. The highest BCUT2D eigenvalue weighted by atomic mass is 19.2. The van der Waals surface area contributed by atoms with Crippen molar-refractivity contribution in [2.24, 2.45) is 17.8 Å². The van der Waals surface area contributed by atoms with E-state index in [1.54, 1.807) is 0 Å². The summed E-state index contributed by atoms with van der Waals surface area (Å²) in [6.45, 7) is 0. The van der Waals surface area contributed by atoms with Crippen LogP contribution < -0.4 is 5.32 Å². The van der Waals surface area contributed by atoms with Crippen LogP contribution in [0.5, 0.6) is 0 Å². The van der Waals surface area contributed by atoms with Gasteiger partial charge in [-0.2, -0.15) is 0 Å². The maximum absolute atomic E-state index is 13.8. The summed E-state index contributed by atoms with van der Waals surface area (Å²) in [5.41, 5.74) is 0.493. The third-order valence-electron chi connectivity index (χ3n) is 5.62. The normalized spacial score (nSPS) is 27.6. The van der Waals surface area contributed by atoms with Crippen LogP contribution in [-0.4, -0.2) is 30.0 Å². The number of halogens is 2. The van der Waals surface area contributed by atoms with Crippen molar-refractivity contribution in [1.29, 1.82) is 0 Å². The predicted octanol–water partition coefficient (Wildman–Crippen LogP) is 2.76. The summed E-state index contributed by atoms with van der Waals surface area (Å²) in [7, 11) is 1.35. The Labute approximate surface area is 142 Å². The van der Waals surface area contributed by atoms with Crippen molar-refractivity contribution in [1.82, 2.24) is 10.3 Å². The summed E-state index contributed by atoms with van der Waals surface area (Å²) in [6, 6.07) is 3.41. The average Bonchev–Trinajstić information content (AvgIpc) is 3.31. The van der Waals surface area contributed by atoms with Gasteiger partial charge in [0.25, 0.3) is 5.91 Å². The quantitative estimate of drug-likeness (QED) is 0.838. The highest BCUT2D eigenvalue weighted by Crippen LogP contribution is 2.49. The molecule has 2 aromatic rings. The first-order valence-electron chi connectivity index (χ1n) is 8.35. The van der Waals surface area contributed by atoms with Gasteiger partial charge in [0, 0.05) is 16.9 Å². The fourth-order valence-electron chi connectivity index (χ4n) is 4.47. The lowest BCUT2D eigenvalue weighted by Crippen LogP contribution is -2.47. The van der Waals surface area contributed by atoms with Gasteiger partial charge in [0.2, 0.25) is 0 Å². The number of rotatable bonds is 3. The molecular formula is C18H18F2N2O3. The van der Waals surface area contributed by atoms with Crippen molar-refractivity contribution >= 4 is 22.8 Å². The number of amides is 1. The van der Waals surface area contributed by atoms with Crippen LogP contribution in [0.2, 0.25) is 0 Å². The number of aromatic amines is 1. The minimum Gasteiger partial charge on any atom is -0.469 e. The molecule has 2 N–H and O–H groups in total. The number of benzene rings is 1. The van der Waals surface area contributed by atoms with E-state index in [-0.39, 0.29) is 40.8 Å². The van der Waals surface area contributed by atoms with E-state index in [0.29, 0.717) is 5.52 Å². The van der Waals surface area contributed by atoms with E-state index in [1.807, 2.05) is 0 Å². The highest BCUT2D eigenvalue weighted by Gasteiger charge is 2.52. The molecule has 4 atom stereocenters. The topological polar surface area (TPSA) is 71.2 Å². The zero-order valence-corrected chi connectivity index (χ0v) is 13.6. The molecular weight excluding hydrogens is 330 g/mol. The first kappa shape index (κ1) is 16.1. The number of nitrogens with one attached hydrogen (secondary N) is 2. The van der Waals surface area contributed by atoms with Gasteiger partial charge in [-0.15, -0.1) is 0 Å². The van der Waals surface area contributed by atoms with Crippen LogP contribution >= 0.6 is 0 Å². The maximum atomic E-state index is 13.8. The predicted molar refractivity (Wildman–Crippen MR) is 85.8 cm³/mol. The molecule has 1 amide bonds. The molecule has 2 saturated carbocycles. The molecule has 0 aliphatic heterocycles. The van der Waals surface area contributed by atoms with Gasteiger partial charge >= 0.3 is 5.97 Å². The van der Waals surface area contributed by atoms with Crippen molar-refractivity contribution in [2.75, 3.05) is 7.11 Å². The third kappa shape index (κ3) is 2.49. The zero-order chi connectivity index (χ0) is 17.7. The Kier molecular flexibility index (Phi) is 3.74. The van der Waals surface area contributed by atoms with E-state index in [4.69, 9.17) is 4.74 Å². The molecule has 1 heterocycles. The van der Waals surface area contributed by atoms with Crippen molar-refractivity contribution in [2.45, 2.75) is 25.3 Å². The molecule has 7 heteroatoms. The van der Waals surface area contributed by atoms with Crippen LogP contribution in [0, 0.1) is 29.4 Å². The Morgan fingerprint density at radius 1 is 1.24 bits per heavy atom. The summed E-state index contributed by atoms with van der Waals surface area (Å²) >= 11 is 0. The number of methoxy groups -OCH3 is 1. The fraction of sp³-hybridized carbons (Fsp3) is 0.444. The SMILES string of the molecule is COC(=O)[C@@H]1[C@H]2CC[C@@H](C2)[C@@H]1NC(=O)c1cc2c(F)c(F)ccc2[nH]1. The highest BCUT2D eigenvalue weighted by molar-refractivity contribution is 5.98. The van der Waals surface area contributed by atoms with Gasteiger partial charge in [-0.1, -0.05) is 0 Å². The summed E-state index contributed by atoms with van der Waals surface area (Å²) in [5.74, 6) is -2.54. The van der Waals surface area contributed by atoms with E-state index < -0.39 is 17.5 Å². The number of carbonyl (C=O) groups is 2. The number of esters is 1. The Morgan fingerprint density at radius 2 is 2.00 bits per heavy atom. The van der Waals surface area contributed by atoms with E-state index in [0.717, 1.165) is 25.3 Å². The van der Waals surface area contributed by atoms with Crippen LogP contribution in [0.4, 0.5) is 8.78 Å². The summed E-state index contributed by atoms with van der Waals surface area (Å²) < 4.78 is 32.0. The van der Waals surface area contributed by atoms with Crippen molar-refractivity contribution < 1.29 is 23.1 Å². The maximum Gasteiger partial charge on any atom is 0.311 e. The van der Waals surface area contributed by atoms with Crippen LogP contribution in [0.25, 0.3) is 10.9 Å². The molecule has 132 valence electrons. The first-order valence-corrected chi connectivity index (χ1v) is 8.35. The van der Waals surface area contributed by atoms with Gasteiger partial charge < -0.3 is 15.0 Å². The van der Waals surface area contributed by atoms with Crippen LogP contribution in [-0.2, 0) is 9.53 Å². The fourth-order valence-corrected chi connectivity index (χ4v) is 4.47. The largest absolute Gasteiger partial charge is 0.469 e. The van der Waals surface area contributed by atoms with Crippen LogP contribution in [0.3, 0.4) is 0 Å². The molecule has 5 nitrogen and oxygen atoms in total. The molecule has 2 aliphatic carbocycles. The molecule has 25 heavy (non-hydrogen) atoms. The molecule has 2 bridgehead atoms. The number of H-pyrrole nitrogens is 1. The van der Waals surface area contributed by atoms with Crippen molar-refractivity contribution in [3.63, 3.8) is 0 Å². The van der Waals surface area contributed by atoms with Crippen molar-refractivity contribution in [3.05, 3.63) is 35.5 Å². The smallest absolute Gasteiger partial charge is 0.311 e. The molecule has 2 aliphatic rings. The van der Waals surface area contributed by atoms with Crippen LogP contribution in [0.15, 0.2) is 18.2 Å². The molecule has 0 spiro atoms. The Balaban J connectivity index is 1.59. The minimum absolute atomic E-state index is 0.0302. The van der Waals surface area contributed by atoms with Crippen molar-refractivity contribution in [3.8, 4) is 0 Å². The second kappa shape index (κ2) is 5.82. The molecule has 0 saturated heterocycles. The number of hydrogen-bond donors (Lipinski definition) is 2. The molecule has 0 radical (unpaired) electrons. The Morgan fingerprint density at radius 3 is 2.76 bits per heavy atom. The van der Waals surface area contributed by atoms with Gasteiger partial charge in [-0.25, -0.2) is 8.78 Å². The van der Waals surface area contributed by atoms with Gasteiger partial charge in [0.05, 0.1) is 13.0 Å². The lowest BCUT2D eigenvalue weighted by Gasteiger charge is -2.29. The van der Waals surface area contributed by atoms with Crippen LogP contribution in [0.1, 0.15) is 29.8 Å². The van der Waals surface area contributed by atoms with Gasteiger partial charge in [0.1, 0.15) is 5.69 Å². The third-order valence-corrected chi connectivity index (χ3v) is 5.62. The van der Waals surface area contributed by atoms with E-state index in [1.165, 1.54) is 19.2 Å². The zero-order valence-electron chi connectivity index (χ0n) is 13.6. The lowest BCUT2D eigenvalue weighted by molar-refractivity contribution is -0.148. The average molecular weight is 348 g/mol. The second-order valence-electron chi connectivity index (χ2n) is 6.89. The van der Waals surface area contributed by atoms with Gasteiger partial charge in [0.15, 0.2) is 11.6 Å². The van der Waals surface area contributed by atoms with E-state index in [9.17, 15) is 18.4 Å². The second-order valence-corrected chi connectivity index (χ2v) is 6.89. The number of hydrogen-bond acceptors (Lipinski definition) is 3. The molecule has 4 rings (SSSR count). The molecule has 2 fully saturated rings. The summed E-state index contributed by atoms with van der Waals surface area (Å²) in [4.78, 5) is 27.5. The monoisotopic (exact) mass is 348 g/mol. The number of ether oxygens (including phenoxy) is 1. The minimum atomic E-state index is -0.986. The summed E-state index contributed by atoms with van der Waals surface area (Å²) in [5, 5.41) is 2.93. The summed E-state index contributed by atoms with van der Waals surface area (Å²) in [6.07, 6.45) is 2.83. The van der Waals surface area contributed by atoms with E-state index >= 15 is 0 Å². The Bertz CT molecular complexity index is 863. The molecule has 1 aromatic heterocycles. The van der Waals surface area contributed by atoms with Gasteiger partial charge in [-0.3, -0.25) is 9.59 Å².